The van der Waals surface area contributed by atoms with Gasteiger partial charge in [0.15, 0.2) is 0 Å². The maximum absolute atomic E-state index is 13.7. The minimum Gasteiger partial charge on any atom is -0.508 e. The standard InChI is InChI=1S/C30H33N11O8S2/c1-4-37-9-10-38(25(46)24(37)45)29(49)33-19(16-5-7-18(42)8-6-16)22(43)32-20-23(44)39-21(27(47)48)17(12-50-26(20)39)13-51-30-35-34-28(40(30)31)41-15(3)11-14(2)36-41/h5-8,11,19-20,26,42H,4,9-10,12-13,31H2,1-3H3,(H,32,43)(H,33,49)(H,47,48)/t19?,20?,26-/m1/s1. The summed E-state index contributed by atoms with van der Waals surface area (Å²) in [6.07, 6.45) is 0. The largest absolute Gasteiger partial charge is 0.508 e. The van der Waals surface area contributed by atoms with Crippen LogP contribution in [0.5, 0.6) is 5.75 Å². The Kier molecular flexibility index (Phi) is 9.66. The summed E-state index contributed by atoms with van der Waals surface area (Å²) in [6.45, 7) is 5.67. The van der Waals surface area contributed by atoms with Crippen LogP contribution in [-0.2, 0) is 24.0 Å². The van der Waals surface area contributed by atoms with E-state index in [-0.39, 0.29) is 54.1 Å². The maximum atomic E-state index is 13.7. The number of carboxylic acids is 1. The molecule has 2 saturated heterocycles. The second-order valence-electron chi connectivity index (χ2n) is 11.7. The van der Waals surface area contributed by atoms with Crippen molar-refractivity contribution in [3.63, 3.8) is 0 Å². The van der Waals surface area contributed by atoms with Crippen LogP contribution in [0.25, 0.3) is 5.95 Å². The molecule has 0 aliphatic carbocycles. The van der Waals surface area contributed by atoms with Crippen LogP contribution in [0.4, 0.5) is 4.79 Å². The number of phenols is 1. The Morgan fingerprint density at radius 1 is 1.10 bits per heavy atom. The van der Waals surface area contributed by atoms with E-state index in [0.29, 0.717) is 15.6 Å². The number of carbonyl (C=O) groups excluding carboxylic acids is 5. The zero-order valence-corrected chi connectivity index (χ0v) is 29.1. The first-order chi connectivity index (χ1) is 24.3. The normalized spacial score (nSPS) is 19.5. The number of fused-ring (bicyclic) bond motifs is 1. The molecule has 2 aromatic heterocycles. The quantitative estimate of drug-likeness (QED) is 0.0759. The number of aromatic nitrogens is 5. The van der Waals surface area contributed by atoms with Crippen molar-refractivity contribution >= 4 is 59.2 Å². The molecule has 2 fully saturated rings. The number of carbonyl (C=O) groups is 6. The SMILES string of the molecule is CCN1CCN(C(=O)NC(C(=O)NC2C(=O)N3C(C(=O)O)=C(CSc4nnc(-n5nc(C)cc5C)n4N)CS[C@H]23)c2ccc(O)cc2)C(=O)C1=O. The molecular weight excluding hydrogens is 707 g/mol. The van der Waals surface area contributed by atoms with Gasteiger partial charge < -0.3 is 31.6 Å². The van der Waals surface area contributed by atoms with Gasteiger partial charge in [-0.2, -0.15) is 5.10 Å². The minimum absolute atomic E-state index is 0.0948. The average Bonchev–Trinajstić information content (AvgIpc) is 3.64. The van der Waals surface area contributed by atoms with E-state index in [9.17, 15) is 39.0 Å². The number of rotatable bonds is 10. The predicted octanol–water partition coefficient (Wildman–Crippen LogP) is -0.528. The Balaban J connectivity index is 1.16. The number of carboxylic acid groups (broad SMARTS) is 1. The minimum atomic E-state index is -1.45. The fourth-order valence-corrected chi connectivity index (χ4v) is 8.20. The number of β-lactam (4-membered cyclic amide) rings is 1. The summed E-state index contributed by atoms with van der Waals surface area (Å²) in [5.41, 5.74) is 1.98. The van der Waals surface area contributed by atoms with Crippen molar-refractivity contribution in [3.8, 4) is 11.7 Å². The molecule has 268 valence electrons. The van der Waals surface area contributed by atoms with Crippen LogP contribution in [0.2, 0.25) is 0 Å². The lowest BCUT2D eigenvalue weighted by Crippen LogP contribution is -2.71. The molecule has 6 rings (SSSR count). The summed E-state index contributed by atoms with van der Waals surface area (Å²) in [6, 6.07) is 3.60. The van der Waals surface area contributed by atoms with Gasteiger partial charge in [-0.3, -0.25) is 29.0 Å². The number of piperazine rings is 1. The van der Waals surface area contributed by atoms with Crippen LogP contribution in [0.3, 0.4) is 0 Å². The molecular formula is C30H33N11O8S2. The first kappa shape index (κ1) is 35.3. The summed E-state index contributed by atoms with van der Waals surface area (Å²) < 4.78 is 2.78. The summed E-state index contributed by atoms with van der Waals surface area (Å²) in [5, 5.41) is 37.1. The lowest BCUT2D eigenvalue weighted by atomic mass is 10.0. The van der Waals surface area contributed by atoms with Gasteiger partial charge in [-0.25, -0.2) is 18.9 Å². The van der Waals surface area contributed by atoms with Crippen LogP contribution in [0.15, 0.2) is 46.8 Å². The number of amides is 6. The zero-order chi connectivity index (χ0) is 36.7. The molecule has 6 amide bonds. The molecule has 3 atom stereocenters. The number of aryl methyl sites for hydroxylation is 2. The number of aromatic hydroxyl groups is 1. The van der Waals surface area contributed by atoms with E-state index in [0.717, 1.165) is 28.0 Å². The molecule has 2 unspecified atom stereocenters. The lowest BCUT2D eigenvalue weighted by molar-refractivity contribution is -0.153. The number of aliphatic carboxylic acids is 1. The number of likely N-dealkylation sites (N-methyl/N-ethyl adjacent to an activating group) is 1. The van der Waals surface area contributed by atoms with Crippen LogP contribution >= 0.6 is 23.5 Å². The van der Waals surface area contributed by atoms with Gasteiger partial charge in [0, 0.05) is 36.8 Å². The number of thioether (sulfide) groups is 2. The molecule has 0 radical (unpaired) electrons. The number of benzene rings is 1. The zero-order valence-electron chi connectivity index (χ0n) is 27.5. The molecule has 0 bridgehead atoms. The van der Waals surface area contributed by atoms with E-state index >= 15 is 0 Å². The Morgan fingerprint density at radius 2 is 1.82 bits per heavy atom. The highest BCUT2D eigenvalue weighted by Gasteiger charge is 2.54. The molecule has 3 aromatic rings. The molecule has 21 heteroatoms. The topological polar surface area (TPSA) is 251 Å². The number of hydrogen-bond acceptors (Lipinski definition) is 13. The Morgan fingerprint density at radius 3 is 2.47 bits per heavy atom. The van der Waals surface area contributed by atoms with Crippen molar-refractivity contribution in [2.45, 2.75) is 43.4 Å². The van der Waals surface area contributed by atoms with Crippen molar-refractivity contribution < 1.29 is 39.0 Å². The van der Waals surface area contributed by atoms with Crippen LogP contribution in [-0.4, -0.2) is 128 Å². The van der Waals surface area contributed by atoms with E-state index in [1.165, 1.54) is 50.3 Å². The Bertz CT molecular complexity index is 1980. The Hall–Kier alpha value is -5.57. The summed E-state index contributed by atoms with van der Waals surface area (Å²) in [7, 11) is 0. The van der Waals surface area contributed by atoms with Gasteiger partial charge in [-0.05, 0) is 50.1 Å². The molecule has 1 aromatic carbocycles. The number of nitrogens with one attached hydrogen (secondary N) is 2. The van der Waals surface area contributed by atoms with Gasteiger partial charge in [0.25, 0.3) is 11.9 Å². The van der Waals surface area contributed by atoms with Crippen molar-refractivity contribution in [2.75, 3.05) is 37.0 Å². The first-order valence-electron chi connectivity index (χ1n) is 15.6. The van der Waals surface area contributed by atoms with Gasteiger partial charge >= 0.3 is 23.8 Å². The van der Waals surface area contributed by atoms with Crippen molar-refractivity contribution in [3.05, 3.63) is 58.6 Å². The van der Waals surface area contributed by atoms with Crippen LogP contribution in [0, 0.1) is 13.8 Å². The third kappa shape index (κ3) is 6.56. The maximum Gasteiger partial charge on any atom is 0.352 e. The summed E-state index contributed by atoms with van der Waals surface area (Å²) >= 11 is 2.38. The first-order valence-corrected chi connectivity index (χ1v) is 17.6. The number of urea groups is 1. The van der Waals surface area contributed by atoms with Crippen molar-refractivity contribution in [1.82, 2.24) is 50.0 Å². The molecule has 5 heterocycles. The monoisotopic (exact) mass is 739 g/mol. The van der Waals surface area contributed by atoms with E-state index in [4.69, 9.17) is 5.84 Å². The van der Waals surface area contributed by atoms with Gasteiger partial charge in [-0.15, -0.1) is 22.0 Å². The molecule has 6 N–H and O–H groups in total. The van der Waals surface area contributed by atoms with E-state index in [2.05, 4.69) is 25.9 Å². The highest BCUT2D eigenvalue weighted by molar-refractivity contribution is 8.01. The number of nitrogens with two attached hydrogens (primary N) is 1. The average molecular weight is 740 g/mol. The lowest BCUT2D eigenvalue weighted by Gasteiger charge is -2.49. The van der Waals surface area contributed by atoms with E-state index in [1.807, 2.05) is 19.9 Å². The number of phenolic OH excluding ortho intramolecular Hbond substituents is 1. The van der Waals surface area contributed by atoms with Gasteiger partial charge in [0.05, 0.1) is 5.69 Å². The molecule has 0 saturated carbocycles. The van der Waals surface area contributed by atoms with Crippen LogP contribution in [0.1, 0.15) is 29.9 Å². The van der Waals surface area contributed by atoms with Gasteiger partial charge in [-0.1, -0.05) is 23.9 Å². The number of nitrogen functional groups attached to an aromatic ring is 1. The van der Waals surface area contributed by atoms with Crippen molar-refractivity contribution in [2.24, 2.45) is 0 Å². The molecule has 3 aliphatic heterocycles. The molecule has 0 spiro atoms. The second-order valence-corrected chi connectivity index (χ2v) is 13.8. The molecule has 51 heavy (non-hydrogen) atoms. The summed E-state index contributed by atoms with van der Waals surface area (Å²) in [5.74, 6) is 1.98. The summed E-state index contributed by atoms with van der Waals surface area (Å²) in [4.78, 5) is 81.0. The highest BCUT2D eigenvalue weighted by atomic mass is 32.2. The number of hydrogen-bond donors (Lipinski definition) is 5. The van der Waals surface area contributed by atoms with Gasteiger partial charge in [0.2, 0.25) is 11.1 Å². The third-order valence-corrected chi connectivity index (χ3v) is 10.8. The third-order valence-electron chi connectivity index (χ3n) is 8.46. The van der Waals surface area contributed by atoms with Crippen molar-refractivity contribution in [1.29, 1.82) is 0 Å². The fourth-order valence-electron chi connectivity index (χ4n) is 5.86. The van der Waals surface area contributed by atoms with E-state index < -0.39 is 53.1 Å². The van der Waals surface area contributed by atoms with Crippen LogP contribution < -0.4 is 16.5 Å². The second kappa shape index (κ2) is 14.0. The van der Waals surface area contributed by atoms with E-state index in [1.54, 1.807) is 6.92 Å². The number of nitrogens with zero attached hydrogens (tertiary/aromatic N) is 8. The predicted molar refractivity (Wildman–Crippen MR) is 181 cm³/mol. The molecule has 3 aliphatic rings. The molecule has 19 nitrogen and oxygen atoms in total. The Labute approximate surface area is 298 Å². The highest BCUT2D eigenvalue weighted by Crippen LogP contribution is 2.41. The van der Waals surface area contributed by atoms with Gasteiger partial charge in [0.1, 0.15) is 28.9 Å². The smallest absolute Gasteiger partial charge is 0.352 e. The number of imide groups is 1. The fraction of sp³-hybridized carbons (Fsp3) is 0.367.